The van der Waals surface area contributed by atoms with Crippen LogP contribution >= 0.6 is 0 Å². The van der Waals surface area contributed by atoms with Gasteiger partial charge in [0.05, 0.1) is 30.9 Å². The van der Waals surface area contributed by atoms with Crippen molar-refractivity contribution in [3.63, 3.8) is 0 Å². The summed E-state index contributed by atoms with van der Waals surface area (Å²) < 4.78 is 5.05. The fourth-order valence-corrected chi connectivity index (χ4v) is 4.50. The molecule has 1 unspecified atom stereocenters. The maximum absolute atomic E-state index is 12.5. The van der Waals surface area contributed by atoms with Crippen molar-refractivity contribution in [2.24, 2.45) is 0 Å². The number of nitriles is 1. The third-order valence-corrected chi connectivity index (χ3v) is 6.36. The molecule has 1 atom stereocenters. The van der Waals surface area contributed by atoms with Crippen molar-refractivity contribution in [2.45, 2.75) is 44.8 Å². The van der Waals surface area contributed by atoms with Crippen molar-refractivity contribution in [1.29, 1.82) is 5.26 Å². The van der Waals surface area contributed by atoms with Gasteiger partial charge in [0, 0.05) is 44.3 Å². The summed E-state index contributed by atoms with van der Waals surface area (Å²) in [6.07, 6.45) is 2.56. The van der Waals surface area contributed by atoms with Gasteiger partial charge in [-0.05, 0) is 37.0 Å². The largest absolute Gasteiger partial charge is 0.392 e. The monoisotopic (exact) mass is 434 g/mol. The van der Waals surface area contributed by atoms with E-state index in [1.54, 1.807) is 7.11 Å². The Labute approximate surface area is 189 Å². The van der Waals surface area contributed by atoms with Gasteiger partial charge in [-0.2, -0.15) is 5.26 Å². The number of pyridine rings is 1. The summed E-state index contributed by atoms with van der Waals surface area (Å²) in [4.78, 5) is 21.6. The number of amides is 1. The molecule has 1 saturated heterocycles. The Kier molecular flexibility index (Phi) is 6.73. The minimum Gasteiger partial charge on any atom is -0.392 e. The molecule has 4 rings (SSSR count). The first-order chi connectivity index (χ1) is 15.6. The SMILES string of the molecule is COCCC(=O)N1CCN(c2nc(C3CC3)c(-c3ccccc3CO)cc2C#N)CC1C. The highest BCUT2D eigenvalue weighted by Gasteiger charge is 2.33. The van der Waals surface area contributed by atoms with Gasteiger partial charge >= 0.3 is 0 Å². The number of benzene rings is 1. The Morgan fingerprint density at radius 2 is 2.06 bits per heavy atom. The fourth-order valence-electron chi connectivity index (χ4n) is 4.50. The van der Waals surface area contributed by atoms with Gasteiger partial charge < -0.3 is 19.6 Å². The predicted molar refractivity (Wildman–Crippen MR) is 122 cm³/mol. The van der Waals surface area contributed by atoms with Crippen molar-refractivity contribution in [1.82, 2.24) is 9.88 Å². The van der Waals surface area contributed by atoms with E-state index in [0.29, 0.717) is 50.0 Å². The van der Waals surface area contributed by atoms with Crippen LogP contribution in [-0.2, 0) is 16.1 Å². The lowest BCUT2D eigenvalue weighted by atomic mass is 9.95. The van der Waals surface area contributed by atoms with Crippen LogP contribution in [0.5, 0.6) is 0 Å². The number of aliphatic hydroxyl groups is 1. The third kappa shape index (κ3) is 4.47. The Hall–Kier alpha value is -2.95. The molecule has 1 saturated carbocycles. The van der Waals surface area contributed by atoms with E-state index >= 15 is 0 Å². The van der Waals surface area contributed by atoms with Crippen LogP contribution in [0.4, 0.5) is 5.82 Å². The smallest absolute Gasteiger partial charge is 0.225 e. The molecule has 168 valence electrons. The second kappa shape index (κ2) is 9.68. The molecule has 1 aliphatic heterocycles. The van der Waals surface area contributed by atoms with Gasteiger partial charge in [-0.25, -0.2) is 4.98 Å². The van der Waals surface area contributed by atoms with Gasteiger partial charge in [0.1, 0.15) is 11.9 Å². The van der Waals surface area contributed by atoms with E-state index in [9.17, 15) is 15.2 Å². The average molecular weight is 435 g/mol. The molecule has 0 radical (unpaired) electrons. The van der Waals surface area contributed by atoms with Crippen LogP contribution in [0.2, 0.25) is 0 Å². The number of carbonyl (C=O) groups is 1. The lowest BCUT2D eigenvalue weighted by Gasteiger charge is -2.41. The molecule has 1 N–H and O–H groups in total. The zero-order valence-electron chi connectivity index (χ0n) is 18.8. The molecule has 1 aromatic carbocycles. The van der Waals surface area contributed by atoms with Gasteiger partial charge in [0.25, 0.3) is 0 Å². The maximum Gasteiger partial charge on any atom is 0.225 e. The lowest BCUT2D eigenvalue weighted by Crippen LogP contribution is -2.54. The standard InChI is InChI=1S/C25H30N4O3/c1-17-15-28(10-11-29(17)23(31)9-12-32-2)25-20(14-26)13-22(24(27-25)18-7-8-18)21-6-4-3-5-19(21)16-30/h3-6,13,17-18,30H,7-12,15-16H2,1-2H3. The van der Waals surface area contributed by atoms with Crippen LogP contribution in [0.15, 0.2) is 30.3 Å². The summed E-state index contributed by atoms with van der Waals surface area (Å²) in [5.74, 6) is 1.19. The van der Waals surface area contributed by atoms with Crippen molar-refractivity contribution < 1.29 is 14.6 Å². The molecular formula is C25H30N4O3. The first kappa shape index (κ1) is 22.3. The van der Waals surface area contributed by atoms with Gasteiger partial charge in [-0.1, -0.05) is 24.3 Å². The van der Waals surface area contributed by atoms with Crippen LogP contribution in [0.1, 0.15) is 48.9 Å². The zero-order valence-corrected chi connectivity index (χ0v) is 18.8. The van der Waals surface area contributed by atoms with Crippen LogP contribution in [0, 0.1) is 11.3 Å². The van der Waals surface area contributed by atoms with E-state index in [1.807, 2.05) is 42.2 Å². The zero-order chi connectivity index (χ0) is 22.7. The molecular weight excluding hydrogens is 404 g/mol. The van der Waals surface area contributed by atoms with Gasteiger partial charge in [-0.3, -0.25) is 4.79 Å². The normalized spacial score (nSPS) is 18.5. The number of nitrogens with zero attached hydrogens (tertiary/aromatic N) is 4. The first-order valence-corrected chi connectivity index (χ1v) is 11.2. The molecule has 1 amide bonds. The van der Waals surface area contributed by atoms with Crippen molar-refractivity contribution in [3.8, 4) is 17.2 Å². The number of methoxy groups -OCH3 is 1. The van der Waals surface area contributed by atoms with Crippen molar-refractivity contribution >= 4 is 11.7 Å². The van der Waals surface area contributed by atoms with E-state index in [0.717, 1.165) is 35.2 Å². The molecule has 2 heterocycles. The first-order valence-electron chi connectivity index (χ1n) is 11.2. The Balaban J connectivity index is 1.65. The van der Waals surface area contributed by atoms with Crippen LogP contribution in [0.3, 0.4) is 0 Å². The summed E-state index contributed by atoms with van der Waals surface area (Å²) >= 11 is 0. The fraction of sp³-hybridized carbons (Fsp3) is 0.480. The maximum atomic E-state index is 12.5. The highest BCUT2D eigenvalue weighted by molar-refractivity contribution is 5.77. The molecule has 32 heavy (non-hydrogen) atoms. The summed E-state index contributed by atoms with van der Waals surface area (Å²) in [5, 5.41) is 19.8. The van der Waals surface area contributed by atoms with Crippen LogP contribution in [-0.4, -0.2) is 60.3 Å². The molecule has 2 aliphatic rings. The van der Waals surface area contributed by atoms with E-state index in [4.69, 9.17) is 9.72 Å². The topological polar surface area (TPSA) is 89.7 Å². The predicted octanol–water partition coefficient (Wildman–Crippen LogP) is 3.06. The number of hydrogen-bond donors (Lipinski definition) is 1. The Bertz CT molecular complexity index is 1030. The minimum absolute atomic E-state index is 0.0283. The van der Waals surface area contributed by atoms with E-state index < -0.39 is 0 Å². The molecule has 2 fully saturated rings. The molecule has 1 aromatic heterocycles. The number of rotatable bonds is 7. The van der Waals surface area contributed by atoms with E-state index in [2.05, 4.69) is 11.0 Å². The molecule has 1 aliphatic carbocycles. The van der Waals surface area contributed by atoms with E-state index in [1.165, 1.54) is 0 Å². The van der Waals surface area contributed by atoms with Gasteiger partial charge in [0.2, 0.25) is 5.91 Å². The molecule has 0 spiro atoms. The van der Waals surface area contributed by atoms with Crippen molar-refractivity contribution in [3.05, 3.63) is 47.2 Å². The molecule has 7 heteroatoms. The summed E-state index contributed by atoms with van der Waals surface area (Å²) in [7, 11) is 1.60. The summed E-state index contributed by atoms with van der Waals surface area (Å²) in [6, 6.07) is 12.1. The summed E-state index contributed by atoms with van der Waals surface area (Å²) in [6.45, 7) is 4.28. The molecule has 2 aromatic rings. The highest BCUT2D eigenvalue weighted by Crippen LogP contribution is 2.45. The quantitative estimate of drug-likeness (QED) is 0.720. The average Bonchev–Trinajstić information content (AvgIpc) is 3.67. The number of hydrogen-bond acceptors (Lipinski definition) is 6. The number of anilines is 1. The Morgan fingerprint density at radius 3 is 2.72 bits per heavy atom. The lowest BCUT2D eigenvalue weighted by molar-refractivity contribution is -0.134. The van der Waals surface area contributed by atoms with Gasteiger partial charge in [0.15, 0.2) is 0 Å². The number of ether oxygens (including phenoxy) is 1. The summed E-state index contributed by atoms with van der Waals surface area (Å²) in [5.41, 5.74) is 4.26. The molecule has 0 bridgehead atoms. The number of piperazine rings is 1. The van der Waals surface area contributed by atoms with Gasteiger partial charge in [-0.15, -0.1) is 0 Å². The second-order valence-electron chi connectivity index (χ2n) is 8.62. The highest BCUT2D eigenvalue weighted by atomic mass is 16.5. The van der Waals surface area contributed by atoms with Crippen LogP contribution in [0.25, 0.3) is 11.1 Å². The second-order valence-corrected chi connectivity index (χ2v) is 8.62. The van der Waals surface area contributed by atoms with Crippen LogP contribution < -0.4 is 4.90 Å². The van der Waals surface area contributed by atoms with E-state index in [-0.39, 0.29) is 18.6 Å². The number of aliphatic hydroxyl groups excluding tert-OH is 1. The Morgan fingerprint density at radius 1 is 1.28 bits per heavy atom. The molecule has 7 nitrogen and oxygen atoms in total. The van der Waals surface area contributed by atoms with Crippen molar-refractivity contribution in [2.75, 3.05) is 38.3 Å². The number of aromatic nitrogens is 1. The number of carbonyl (C=O) groups excluding carboxylic acids is 1. The minimum atomic E-state index is -0.0551. The third-order valence-electron chi connectivity index (χ3n) is 6.36.